The van der Waals surface area contributed by atoms with Gasteiger partial charge >= 0.3 is 0 Å². The molecule has 2 aromatic carbocycles. The largest absolute Gasteiger partial charge is 0.489 e. The van der Waals surface area contributed by atoms with Crippen LogP contribution in [0.3, 0.4) is 0 Å². The van der Waals surface area contributed by atoms with Crippen LogP contribution in [0.25, 0.3) is 11.1 Å². The van der Waals surface area contributed by atoms with Gasteiger partial charge in [0.1, 0.15) is 6.61 Å². The van der Waals surface area contributed by atoms with Crippen LogP contribution in [0, 0.1) is 12.7 Å². The molecule has 0 aromatic heterocycles. The molecule has 2 aromatic rings. The Balaban J connectivity index is 0.00000180. The van der Waals surface area contributed by atoms with Gasteiger partial charge in [-0.25, -0.2) is 4.39 Å². The van der Waals surface area contributed by atoms with Gasteiger partial charge in [0.2, 0.25) is 0 Å². The van der Waals surface area contributed by atoms with Crippen LogP contribution in [-0.4, -0.2) is 13.2 Å². The summed E-state index contributed by atoms with van der Waals surface area (Å²) < 4.78 is 19.0. The molecule has 0 spiro atoms. The van der Waals surface area contributed by atoms with Gasteiger partial charge in [-0.1, -0.05) is 35.9 Å². The molecule has 0 heterocycles. The molecule has 4 heteroatoms. The van der Waals surface area contributed by atoms with E-state index in [1.807, 2.05) is 37.3 Å². The van der Waals surface area contributed by atoms with E-state index < -0.39 is 0 Å². The van der Waals surface area contributed by atoms with Crippen LogP contribution >= 0.6 is 12.4 Å². The predicted molar refractivity (Wildman–Crippen MR) is 78.4 cm³/mol. The van der Waals surface area contributed by atoms with Gasteiger partial charge in [-0.05, 0) is 30.2 Å². The second kappa shape index (κ2) is 7.12. The Morgan fingerprint density at radius 3 is 2.47 bits per heavy atom. The van der Waals surface area contributed by atoms with Gasteiger partial charge < -0.3 is 10.5 Å². The first kappa shape index (κ1) is 15.5. The molecule has 0 saturated carbocycles. The Kier molecular flexibility index (Phi) is 5.80. The topological polar surface area (TPSA) is 35.2 Å². The van der Waals surface area contributed by atoms with Gasteiger partial charge in [-0.3, -0.25) is 0 Å². The van der Waals surface area contributed by atoms with Crippen molar-refractivity contribution in [1.29, 1.82) is 0 Å². The average molecular weight is 282 g/mol. The van der Waals surface area contributed by atoms with Gasteiger partial charge in [0.15, 0.2) is 11.6 Å². The second-order valence-electron chi connectivity index (χ2n) is 4.15. The number of hydrogen-bond donors (Lipinski definition) is 1. The third-order valence-electron chi connectivity index (χ3n) is 2.66. The van der Waals surface area contributed by atoms with Crippen molar-refractivity contribution in [1.82, 2.24) is 0 Å². The summed E-state index contributed by atoms with van der Waals surface area (Å²) in [7, 11) is 0. The van der Waals surface area contributed by atoms with E-state index >= 15 is 0 Å². The Morgan fingerprint density at radius 1 is 1.11 bits per heavy atom. The lowest BCUT2D eigenvalue weighted by Crippen LogP contribution is -2.11. The van der Waals surface area contributed by atoms with E-state index in [1.54, 1.807) is 6.07 Å². The van der Waals surface area contributed by atoms with Crippen molar-refractivity contribution >= 4 is 12.4 Å². The Morgan fingerprint density at radius 2 is 1.84 bits per heavy atom. The molecule has 0 aliphatic carbocycles. The first-order valence-electron chi connectivity index (χ1n) is 5.90. The summed E-state index contributed by atoms with van der Waals surface area (Å²) in [5.74, 6) is -0.112. The van der Waals surface area contributed by atoms with Crippen molar-refractivity contribution in [3.63, 3.8) is 0 Å². The number of halogens is 2. The van der Waals surface area contributed by atoms with Gasteiger partial charge in [-0.2, -0.15) is 0 Å². The molecule has 0 unspecified atom stereocenters. The fourth-order valence-corrected chi connectivity index (χ4v) is 1.79. The minimum Gasteiger partial charge on any atom is -0.489 e. The predicted octanol–water partition coefficient (Wildman–Crippen LogP) is 3.56. The Hall–Kier alpha value is -1.58. The highest BCUT2D eigenvalue weighted by molar-refractivity contribution is 5.85. The Bertz CT molecular complexity index is 545. The lowest BCUT2D eigenvalue weighted by atomic mass is 10.0. The quantitative estimate of drug-likeness (QED) is 0.930. The maximum Gasteiger partial charge on any atom is 0.165 e. The number of hydrogen-bond acceptors (Lipinski definition) is 2. The number of aryl methyl sites for hydroxylation is 1. The SMILES string of the molecule is Cc1cccc(-c2ccc(OCCN)c(F)c2)c1.Cl. The van der Waals surface area contributed by atoms with Crippen LogP contribution < -0.4 is 10.5 Å². The minimum absolute atomic E-state index is 0. The van der Waals surface area contributed by atoms with E-state index in [9.17, 15) is 4.39 Å². The fourth-order valence-electron chi connectivity index (χ4n) is 1.79. The number of ether oxygens (including phenoxy) is 1. The van der Waals surface area contributed by atoms with Crippen molar-refractivity contribution in [2.24, 2.45) is 5.73 Å². The molecule has 102 valence electrons. The molecule has 0 aliphatic rings. The second-order valence-corrected chi connectivity index (χ2v) is 4.15. The summed E-state index contributed by atoms with van der Waals surface area (Å²) >= 11 is 0. The van der Waals surface area contributed by atoms with Crippen molar-refractivity contribution in [3.8, 4) is 16.9 Å². The van der Waals surface area contributed by atoms with Crippen LogP contribution in [-0.2, 0) is 0 Å². The first-order valence-corrected chi connectivity index (χ1v) is 5.90. The van der Waals surface area contributed by atoms with Crippen molar-refractivity contribution < 1.29 is 9.13 Å². The molecule has 0 saturated heterocycles. The zero-order valence-corrected chi connectivity index (χ0v) is 11.5. The van der Waals surface area contributed by atoms with E-state index in [0.29, 0.717) is 13.2 Å². The smallest absolute Gasteiger partial charge is 0.165 e. The molecule has 0 fully saturated rings. The van der Waals surface area contributed by atoms with Crippen LogP contribution in [0.15, 0.2) is 42.5 Å². The van der Waals surface area contributed by atoms with Gasteiger partial charge in [-0.15, -0.1) is 12.4 Å². The zero-order chi connectivity index (χ0) is 13.0. The highest BCUT2D eigenvalue weighted by atomic mass is 35.5. The molecule has 0 radical (unpaired) electrons. The molecular weight excluding hydrogens is 265 g/mol. The van der Waals surface area contributed by atoms with Gasteiger partial charge in [0.05, 0.1) is 0 Å². The van der Waals surface area contributed by atoms with Crippen LogP contribution in [0.2, 0.25) is 0 Å². The molecule has 0 aliphatic heterocycles. The zero-order valence-electron chi connectivity index (χ0n) is 10.7. The molecule has 19 heavy (non-hydrogen) atoms. The monoisotopic (exact) mass is 281 g/mol. The highest BCUT2D eigenvalue weighted by Crippen LogP contribution is 2.26. The molecule has 2 N–H and O–H groups in total. The molecule has 2 rings (SSSR count). The summed E-state index contributed by atoms with van der Waals surface area (Å²) in [5.41, 5.74) is 8.31. The van der Waals surface area contributed by atoms with E-state index in [0.717, 1.165) is 16.7 Å². The summed E-state index contributed by atoms with van der Waals surface area (Å²) in [6, 6.07) is 12.9. The fraction of sp³-hybridized carbons (Fsp3) is 0.200. The number of nitrogens with two attached hydrogens (primary N) is 1. The maximum absolute atomic E-state index is 13.8. The lowest BCUT2D eigenvalue weighted by Gasteiger charge is -2.08. The lowest BCUT2D eigenvalue weighted by molar-refractivity contribution is 0.311. The van der Waals surface area contributed by atoms with Crippen molar-refractivity contribution in [3.05, 3.63) is 53.8 Å². The van der Waals surface area contributed by atoms with Gasteiger partial charge in [0.25, 0.3) is 0 Å². The van der Waals surface area contributed by atoms with Crippen LogP contribution in [0.1, 0.15) is 5.56 Å². The van der Waals surface area contributed by atoms with E-state index in [4.69, 9.17) is 10.5 Å². The van der Waals surface area contributed by atoms with Gasteiger partial charge in [0, 0.05) is 6.54 Å². The summed E-state index contributed by atoms with van der Waals surface area (Å²) in [6.45, 7) is 2.71. The summed E-state index contributed by atoms with van der Waals surface area (Å²) in [4.78, 5) is 0. The Labute approximate surface area is 118 Å². The molecular formula is C15H17ClFNO. The highest BCUT2D eigenvalue weighted by Gasteiger charge is 2.06. The summed E-state index contributed by atoms with van der Waals surface area (Å²) in [6.07, 6.45) is 0. The molecule has 2 nitrogen and oxygen atoms in total. The van der Waals surface area contributed by atoms with Crippen LogP contribution in [0.5, 0.6) is 5.75 Å². The van der Waals surface area contributed by atoms with E-state index in [1.165, 1.54) is 6.07 Å². The first-order chi connectivity index (χ1) is 8.70. The number of rotatable bonds is 4. The van der Waals surface area contributed by atoms with Crippen molar-refractivity contribution in [2.75, 3.05) is 13.2 Å². The maximum atomic E-state index is 13.8. The average Bonchev–Trinajstić information content (AvgIpc) is 2.37. The normalized spacial score (nSPS) is 9.84. The molecule has 0 bridgehead atoms. The third-order valence-corrected chi connectivity index (χ3v) is 2.66. The van der Waals surface area contributed by atoms with Crippen LogP contribution in [0.4, 0.5) is 4.39 Å². The standard InChI is InChI=1S/C15H16FNO.ClH/c1-11-3-2-4-12(9-11)13-5-6-15(14(16)10-13)18-8-7-17;/h2-6,9-10H,7-8,17H2,1H3;1H. The molecule has 0 atom stereocenters. The van der Waals surface area contributed by atoms with E-state index in [-0.39, 0.29) is 24.0 Å². The third kappa shape index (κ3) is 3.94. The number of benzene rings is 2. The molecule has 0 amide bonds. The summed E-state index contributed by atoms with van der Waals surface area (Å²) in [5, 5.41) is 0. The minimum atomic E-state index is -0.359. The van der Waals surface area contributed by atoms with Crippen molar-refractivity contribution in [2.45, 2.75) is 6.92 Å². The van der Waals surface area contributed by atoms with E-state index in [2.05, 4.69) is 0 Å².